The number of halogens is 1. The number of rotatable bonds is 3. The molecule has 15 heavy (non-hydrogen) atoms. The third kappa shape index (κ3) is 2.73. The maximum absolute atomic E-state index is 11.3. The first-order chi connectivity index (χ1) is 6.66. The molecule has 0 saturated heterocycles. The minimum atomic E-state index is -0.385. The molecule has 1 unspecified atom stereocenters. The molecule has 0 heterocycles. The molecule has 0 radical (unpaired) electrons. The summed E-state index contributed by atoms with van der Waals surface area (Å²) in [5.41, 5.74) is 5.47. The molecule has 0 aliphatic heterocycles. The van der Waals surface area contributed by atoms with E-state index in [1.54, 1.807) is 6.92 Å². The van der Waals surface area contributed by atoms with Crippen molar-refractivity contribution in [1.82, 2.24) is 5.32 Å². The molecule has 3 N–H and O–H groups in total. The molecule has 2 rings (SSSR count). The Labute approximate surface area is 96.9 Å². The Morgan fingerprint density at radius 3 is 2.73 bits per heavy atom. The van der Waals surface area contributed by atoms with Gasteiger partial charge in [-0.2, -0.15) is 0 Å². The van der Waals surface area contributed by atoms with Gasteiger partial charge in [-0.3, -0.25) is 4.79 Å². The van der Waals surface area contributed by atoms with Gasteiger partial charge >= 0.3 is 0 Å². The molecular formula is C11H19ClN2O. The zero-order valence-electron chi connectivity index (χ0n) is 8.98. The van der Waals surface area contributed by atoms with Gasteiger partial charge in [-0.15, -0.1) is 12.4 Å². The van der Waals surface area contributed by atoms with E-state index in [1.165, 1.54) is 12.8 Å². The van der Waals surface area contributed by atoms with Crippen molar-refractivity contribution in [1.29, 1.82) is 0 Å². The summed E-state index contributed by atoms with van der Waals surface area (Å²) < 4.78 is 0. The fourth-order valence-electron chi connectivity index (χ4n) is 2.52. The van der Waals surface area contributed by atoms with Crippen molar-refractivity contribution in [2.24, 2.45) is 23.5 Å². The zero-order chi connectivity index (χ0) is 10.1. The third-order valence-electron chi connectivity index (χ3n) is 3.37. The van der Waals surface area contributed by atoms with Crippen molar-refractivity contribution in [3.05, 3.63) is 12.2 Å². The van der Waals surface area contributed by atoms with Crippen LogP contribution in [0.25, 0.3) is 0 Å². The Hall–Kier alpha value is -0.540. The van der Waals surface area contributed by atoms with Gasteiger partial charge < -0.3 is 11.1 Å². The van der Waals surface area contributed by atoms with E-state index in [4.69, 9.17) is 5.73 Å². The van der Waals surface area contributed by atoms with Gasteiger partial charge in [-0.25, -0.2) is 0 Å². The predicted octanol–water partition coefficient (Wildman–Crippen LogP) is 1.08. The SMILES string of the molecule is CC(N)C(=O)NC[C@@H]1C[C@H]2C=C[C@@H]1C2.Cl. The number of hydrogen-bond acceptors (Lipinski definition) is 2. The second-order valence-electron chi connectivity index (χ2n) is 4.57. The van der Waals surface area contributed by atoms with E-state index < -0.39 is 0 Å². The monoisotopic (exact) mass is 230 g/mol. The summed E-state index contributed by atoms with van der Waals surface area (Å²) >= 11 is 0. The van der Waals surface area contributed by atoms with E-state index >= 15 is 0 Å². The fourth-order valence-corrected chi connectivity index (χ4v) is 2.52. The smallest absolute Gasteiger partial charge is 0.236 e. The normalized spacial score (nSPS) is 33.6. The Kier molecular flexibility index (Phi) is 4.17. The van der Waals surface area contributed by atoms with Crippen molar-refractivity contribution < 1.29 is 4.79 Å². The minimum Gasteiger partial charge on any atom is -0.354 e. The van der Waals surface area contributed by atoms with Crippen LogP contribution < -0.4 is 11.1 Å². The van der Waals surface area contributed by atoms with E-state index in [0.717, 1.165) is 12.5 Å². The number of amides is 1. The number of hydrogen-bond donors (Lipinski definition) is 2. The summed E-state index contributed by atoms with van der Waals surface area (Å²) in [5.74, 6) is 2.09. The molecule has 4 atom stereocenters. The molecule has 1 amide bonds. The van der Waals surface area contributed by atoms with Crippen LogP contribution >= 0.6 is 12.4 Å². The van der Waals surface area contributed by atoms with E-state index in [2.05, 4.69) is 17.5 Å². The van der Waals surface area contributed by atoms with Crippen LogP contribution in [0.2, 0.25) is 0 Å². The Morgan fingerprint density at radius 2 is 2.27 bits per heavy atom. The lowest BCUT2D eigenvalue weighted by Crippen LogP contribution is -2.41. The summed E-state index contributed by atoms with van der Waals surface area (Å²) in [6, 6.07) is -0.385. The Morgan fingerprint density at radius 1 is 1.53 bits per heavy atom. The molecule has 2 bridgehead atoms. The molecule has 2 aliphatic rings. The Bertz CT molecular complexity index is 265. The minimum absolute atomic E-state index is 0. The van der Waals surface area contributed by atoms with E-state index in [0.29, 0.717) is 11.8 Å². The first-order valence-electron chi connectivity index (χ1n) is 5.38. The molecule has 3 nitrogen and oxygen atoms in total. The number of fused-ring (bicyclic) bond motifs is 2. The van der Waals surface area contributed by atoms with Gasteiger partial charge in [-0.05, 0) is 37.5 Å². The van der Waals surface area contributed by atoms with Crippen molar-refractivity contribution in [2.45, 2.75) is 25.8 Å². The van der Waals surface area contributed by atoms with Crippen molar-refractivity contribution in [2.75, 3.05) is 6.54 Å². The van der Waals surface area contributed by atoms with Crippen LogP contribution in [0.5, 0.6) is 0 Å². The second kappa shape index (κ2) is 4.99. The predicted molar refractivity (Wildman–Crippen MR) is 62.8 cm³/mol. The average Bonchev–Trinajstić information content (AvgIpc) is 2.74. The molecule has 0 spiro atoms. The van der Waals surface area contributed by atoms with Crippen LogP contribution in [0, 0.1) is 17.8 Å². The summed E-state index contributed by atoms with van der Waals surface area (Å²) in [6.07, 6.45) is 7.14. The number of allylic oxidation sites excluding steroid dienone is 2. The lowest BCUT2D eigenvalue weighted by molar-refractivity contribution is -0.122. The maximum atomic E-state index is 11.3. The van der Waals surface area contributed by atoms with Gasteiger partial charge in [0.2, 0.25) is 5.91 Å². The van der Waals surface area contributed by atoms with Crippen molar-refractivity contribution in [3.8, 4) is 0 Å². The molecule has 0 aromatic rings. The van der Waals surface area contributed by atoms with Gasteiger partial charge in [0.05, 0.1) is 6.04 Å². The van der Waals surface area contributed by atoms with Gasteiger partial charge in [0.1, 0.15) is 0 Å². The van der Waals surface area contributed by atoms with Crippen LogP contribution in [0.1, 0.15) is 19.8 Å². The van der Waals surface area contributed by atoms with Gasteiger partial charge in [0.15, 0.2) is 0 Å². The molecule has 1 fully saturated rings. The quantitative estimate of drug-likeness (QED) is 0.713. The molecule has 1 saturated carbocycles. The lowest BCUT2D eigenvalue weighted by Gasteiger charge is -2.19. The highest BCUT2D eigenvalue weighted by atomic mass is 35.5. The third-order valence-corrected chi connectivity index (χ3v) is 3.37. The summed E-state index contributed by atoms with van der Waals surface area (Å²) in [7, 11) is 0. The Balaban J connectivity index is 0.00000112. The molecule has 4 heteroatoms. The first-order valence-corrected chi connectivity index (χ1v) is 5.38. The molecule has 0 aromatic heterocycles. The van der Waals surface area contributed by atoms with Crippen LogP contribution in [0.3, 0.4) is 0 Å². The summed E-state index contributed by atoms with van der Waals surface area (Å²) in [5, 5.41) is 2.91. The van der Waals surface area contributed by atoms with Gasteiger partial charge in [0, 0.05) is 6.54 Å². The topological polar surface area (TPSA) is 55.1 Å². The highest BCUT2D eigenvalue weighted by molar-refractivity contribution is 5.85. The van der Waals surface area contributed by atoms with Crippen molar-refractivity contribution >= 4 is 18.3 Å². The number of nitrogens with two attached hydrogens (primary N) is 1. The largest absolute Gasteiger partial charge is 0.354 e. The average molecular weight is 231 g/mol. The van der Waals surface area contributed by atoms with E-state index in [9.17, 15) is 4.79 Å². The maximum Gasteiger partial charge on any atom is 0.236 e. The molecule has 0 aromatic carbocycles. The zero-order valence-corrected chi connectivity index (χ0v) is 9.80. The summed E-state index contributed by atoms with van der Waals surface area (Å²) in [6.45, 7) is 2.52. The molecular weight excluding hydrogens is 212 g/mol. The molecule has 86 valence electrons. The fraction of sp³-hybridized carbons (Fsp3) is 0.727. The second-order valence-corrected chi connectivity index (χ2v) is 4.57. The van der Waals surface area contributed by atoms with E-state index in [1.807, 2.05) is 0 Å². The first kappa shape index (κ1) is 12.5. The lowest BCUT2D eigenvalue weighted by atomic mass is 9.93. The highest BCUT2D eigenvalue weighted by Crippen LogP contribution is 2.42. The van der Waals surface area contributed by atoms with Gasteiger partial charge in [0.25, 0.3) is 0 Å². The molecule has 2 aliphatic carbocycles. The number of nitrogens with one attached hydrogen (secondary N) is 1. The van der Waals surface area contributed by atoms with Crippen LogP contribution in [0.15, 0.2) is 12.2 Å². The van der Waals surface area contributed by atoms with Gasteiger partial charge in [-0.1, -0.05) is 12.2 Å². The van der Waals surface area contributed by atoms with Crippen LogP contribution in [0.4, 0.5) is 0 Å². The van der Waals surface area contributed by atoms with Crippen molar-refractivity contribution in [3.63, 3.8) is 0 Å². The summed E-state index contributed by atoms with van der Waals surface area (Å²) in [4.78, 5) is 11.3. The number of carbonyl (C=O) groups excluding carboxylic acids is 1. The standard InChI is InChI=1S/C11H18N2O.ClH/c1-7(12)11(14)13-6-10-5-8-2-3-9(10)4-8;/h2-3,7-10H,4-6,12H2,1H3,(H,13,14);1H/t7?,8-,9+,10-;/m0./s1. The highest BCUT2D eigenvalue weighted by Gasteiger charge is 2.35. The number of carbonyl (C=O) groups is 1. The van der Waals surface area contributed by atoms with Crippen LogP contribution in [-0.4, -0.2) is 18.5 Å². The van der Waals surface area contributed by atoms with Crippen LogP contribution in [-0.2, 0) is 4.79 Å². The van der Waals surface area contributed by atoms with E-state index in [-0.39, 0.29) is 24.4 Å².